The average Bonchev–Trinajstić information content (AvgIpc) is 2.75. The first-order valence-corrected chi connectivity index (χ1v) is 13.6. The fraction of sp³-hybridized carbons (Fsp3) is 0.480. The summed E-state index contributed by atoms with van der Waals surface area (Å²) in [6.45, 7) is 10.8. The van der Waals surface area contributed by atoms with Crippen LogP contribution in [0.3, 0.4) is 0 Å². The zero-order chi connectivity index (χ0) is 22.9. The van der Waals surface area contributed by atoms with Crippen molar-refractivity contribution in [2.45, 2.75) is 78.2 Å². The van der Waals surface area contributed by atoms with Crippen LogP contribution in [0.15, 0.2) is 52.4 Å². The van der Waals surface area contributed by atoms with Crippen LogP contribution in [0.2, 0.25) is 0 Å². The third kappa shape index (κ3) is 8.34. The molecular formula is C25H33Cl2CoN3. The van der Waals surface area contributed by atoms with E-state index in [0.29, 0.717) is 18.9 Å². The van der Waals surface area contributed by atoms with Crippen molar-refractivity contribution in [2.24, 2.45) is 9.98 Å². The van der Waals surface area contributed by atoms with Crippen LogP contribution in [0.5, 0.6) is 0 Å². The first-order valence-electron chi connectivity index (χ1n) is 10.8. The van der Waals surface area contributed by atoms with Gasteiger partial charge in [-0.1, -0.05) is 64.3 Å². The third-order valence-electron chi connectivity index (χ3n) is 5.44. The number of benzene rings is 1. The molecule has 171 valence electrons. The number of hydrogen-bond donors (Lipinski definition) is 0. The van der Waals surface area contributed by atoms with Crippen LogP contribution < -0.4 is 0 Å². The van der Waals surface area contributed by atoms with Crippen molar-refractivity contribution in [1.29, 1.82) is 0 Å². The van der Waals surface area contributed by atoms with E-state index in [9.17, 15) is 0 Å². The molecule has 1 aromatic carbocycles. The normalized spacial score (nSPS) is 16.1. The molecule has 0 unspecified atom stereocenters. The molecule has 3 rings (SSSR count). The maximum absolute atomic E-state index is 4.95. The molecule has 1 saturated carbocycles. The van der Waals surface area contributed by atoms with Gasteiger partial charge in [-0.3, -0.25) is 9.98 Å². The number of para-hydroxylation sites is 1. The van der Waals surface area contributed by atoms with Crippen LogP contribution >= 0.6 is 20.3 Å². The number of hydrogen-bond acceptors (Lipinski definition) is 3. The van der Waals surface area contributed by atoms with E-state index in [4.69, 9.17) is 35.3 Å². The minimum absolute atomic E-state index is 0.0545. The number of rotatable bonds is 4. The Morgan fingerprint density at radius 2 is 1.48 bits per heavy atom. The monoisotopic (exact) mass is 504 g/mol. The summed E-state index contributed by atoms with van der Waals surface area (Å²) in [5.41, 5.74) is 6.17. The molecule has 1 fully saturated rings. The van der Waals surface area contributed by atoms with Crippen LogP contribution in [0.25, 0.3) is 0 Å². The molecule has 0 N–H and O–H groups in total. The van der Waals surface area contributed by atoms with E-state index in [0.717, 1.165) is 28.5 Å². The third-order valence-corrected chi connectivity index (χ3v) is 5.44. The van der Waals surface area contributed by atoms with Crippen LogP contribution in [0, 0.1) is 0 Å². The molecule has 0 spiro atoms. The van der Waals surface area contributed by atoms with Crippen molar-refractivity contribution in [2.75, 3.05) is 0 Å². The Morgan fingerprint density at radius 3 is 2.10 bits per heavy atom. The summed E-state index contributed by atoms with van der Waals surface area (Å²) in [6.07, 6.45) is 6.37. The molecule has 0 radical (unpaired) electrons. The first-order chi connectivity index (χ1) is 14.8. The van der Waals surface area contributed by atoms with Crippen molar-refractivity contribution in [3.05, 3.63) is 59.4 Å². The predicted molar refractivity (Wildman–Crippen MR) is 132 cm³/mol. The van der Waals surface area contributed by atoms with E-state index in [2.05, 4.69) is 58.0 Å². The van der Waals surface area contributed by atoms with Crippen LogP contribution in [-0.4, -0.2) is 22.4 Å². The molecule has 0 saturated heterocycles. The Bertz CT molecular complexity index is 898. The molecular weight excluding hydrogens is 472 g/mol. The SMILES string of the molecule is CC(=Nc1ccccc1C(C)(C)C)c1cccc(C(C)=NC2CCCCC2)n1.[Cl][Co][Cl]. The van der Waals surface area contributed by atoms with E-state index in [1.165, 1.54) is 37.7 Å². The van der Waals surface area contributed by atoms with Crippen molar-refractivity contribution < 1.29 is 12.9 Å². The predicted octanol–water partition coefficient (Wildman–Crippen LogP) is 8.04. The molecule has 31 heavy (non-hydrogen) atoms. The molecule has 6 heteroatoms. The Labute approximate surface area is 202 Å². The van der Waals surface area contributed by atoms with Gasteiger partial charge in [0.05, 0.1) is 34.5 Å². The number of aliphatic imine (C=N–C) groups is 2. The summed E-state index contributed by atoms with van der Waals surface area (Å²) < 4.78 is 0. The average molecular weight is 505 g/mol. The molecule has 3 nitrogen and oxygen atoms in total. The Hall–Kier alpha value is -1.20. The van der Waals surface area contributed by atoms with Gasteiger partial charge in [-0.15, -0.1) is 0 Å². The van der Waals surface area contributed by atoms with Gasteiger partial charge in [-0.2, -0.15) is 0 Å². The van der Waals surface area contributed by atoms with Crippen molar-refractivity contribution in [1.82, 2.24) is 4.98 Å². The van der Waals surface area contributed by atoms with Gasteiger partial charge in [0.15, 0.2) is 0 Å². The topological polar surface area (TPSA) is 37.6 Å². The summed E-state index contributed by atoms with van der Waals surface area (Å²) >= 11 is 0.382. The maximum atomic E-state index is 4.95. The minimum atomic E-state index is 0.0545. The standard InChI is InChI=1S/C25H33N3.2ClH.Co/c1-18(26-20-12-7-6-8-13-20)22-16-11-17-23(28-22)19(2)27-24-15-10-9-14-21(24)25(3,4)5;;;/h9-11,14-17,20H,6-8,12-13H2,1-5H3;2*1H;/q;;;+2/p-2. The number of aromatic nitrogens is 1. The molecule has 0 bridgehead atoms. The van der Waals surface area contributed by atoms with E-state index in [1.807, 2.05) is 19.1 Å². The van der Waals surface area contributed by atoms with Crippen molar-refractivity contribution >= 4 is 37.4 Å². The van der Waals surface area contributed by atoms with Gasteiger partial charge >= 0.3 is 33.2 Å². The van der Waals surface area contributed by atoms with Gasteiger partial charge < -0.3 is 0 Å². The van der Waals surface area contributed by atoms with Crippen molar-refractivity contribution in [3.8, 4) is 0 Å². The van der Waals surface area contributed by atoms with Gasteiger partial charge in [0, 0.05) is 0 Å². The van der Waals surface area contributed by atoms with Crippen LogP contribution in [-0.2, 0) is 18.3 Å². The first kappa shape index (κ1) is 26.1. The summed E-state index contributed by atoms with van der Waals surface area (Å²) in [5.74, 6) is 0. The number of pyridine rings is 1. The zero-order valence-electron chi connectivity index (χ0n) is 19.1. The number of halogens is 2. The molecule has 0 aliphatic heterocycles. The van der Waals surface area contributed by atoms with E-state index >= 15 is 0 Å². The number of nitrogens with zero attached hydrogens (tertiary/aromatic N) is 3. The zero-order valence-corrected chi connectivity index (χ0v) is 21.6. The Morgan fingerprint density at radius 1 is 0.903 bits per heavy atom. The second-order valence-electron chi connectivity index (χ2n) is 8.93. The second kappa shape index (κ2) is 12.7. The molecule has 1 aromatic heterocycles. The summed E-state index contributed by atoms with van der Waals surface area (Å²) in [7, 11) is 9.47. The van der Waals surface area contributed by atoms with Crippen LogP contribution in [0.1, 0.15) is 83.7 Å². The quantitative estimate of drug-likeness (QED) is 0.388. The fourth-order valence-corrected chi connectivity index (χ4v) is 3.83. The second-order valence-corrected chi connectivity index (χ2v) is 10.6. The Balaban J connectivity index is 0.00000107. The van der Waals surface area contributed by atoms with Gasteiger partial charge in [0.25, 0.3) is 0 Å². The van der Waals surface area contributed by atoms with Gasteiger partial charge in [0.1, 0.15) is 0 Å². The summed E-state index contributed by atoms with van der Waals surface area (Å²) in [6, 6.07) is 15.0. The molecule has 1 aliphatic rings. The molecule has 1 heterocycles. The fourth-order valence-electron chi connectivity index (χ4n) is 3.83. The van der Waals surface area contributed by atoms with E-state index in [1.54, 1.807) is 0 Å². The Kier molecular flexibility index (Phi) is 10.7. The van der Waals surface area contributed by atoms with Crippen molar-refractivity contribution in [3.63, 3.8) is 0 Å². The van der Waals surface area contributed by atoms with E-state index < -0.39 is 0 Å². The van der Waals surface area contributed by atoms with Crippen LogP contribution in [0.4, 0.5) is 5.69 Å². The van der Waals surface area contributed by atoms with Gasteiger partial charge in [0.2, 0.25) is 0 Å². The van der Waals surface area contributed by atoms with E-state index in [-0.39, 0.29) is 5.41 Å². The molecule has 1 aliphatic carbocycles. The molecule has 2 aromatic rings. The molecule has 0 amide bonds. The molecule has 0 atom stereocenters. The van der Waals surface area contributed by atoms with Gasteiger partial charge in [-0.25, -0.2) is 4.98 Å². The summed E-state index contributed by atoms with van der Waals surface area (Å²) in [5, 5.41) is 0. The summed E-state index contributed by atoms with van der Waals surface area (Å²) in [4.78, 5) is 14.7. The van der Waals surface area contributed by atoms with Gasteiger partial charge in [-0.05, 0) is 55.9 Å².